The Morgan fingerprint density at radius 1 is 1.27 bits per heavy atom. The third-order valence-electron chi connectivity index (χ3n) is 3.58. The number of carbonyl (C=O) groups excluding carboxylic acids is 1. The molecule has 0 aliphatic rings. The van der Waals surface area contributed by atoms with Crippen molar-refractivity contribution >= 4 is 46.3 Å². The van der Waals surface area contributed by atoms with E-state index in [-0.39, 0.29) is 5.91 Å². The highest BCUT2D eigenvalue weighted by Crippen LogP contribution is 2.38. The highest BCUT2D eigenvalue weighted by atomic mass is 35.5. The maximum Gasteiger partial charge on any atom is 0.242 e. The van der Waals surface area contributed by atoms with Crippen LogP contribution >= 0.6 is 34.7 Å². The molecule has 0 bridgehead atoms. The largest absolute Gasteiger partial charge is 0.495 e. The first kappa shape index (κ1) is 18.8. The summed E-state index contributed by atoms with van der Waals surface area (Å²) in [4.78, 5) is 17.4. The third-order valence-corrected chi connectivity index (χ3v) is 6.22. The zero-order valence-electron chi connectivity index (χ0n) is 14.2. The van der Waals surface area contributed by atoms with Crippen LogP contribution in [0.3, 0.4) is 0 Å². The second kappa shape index (κ2) is 8.58. The smallest absolute Gasteiger partial charge is 0.242 e. The van der Waals surface area contributed by atoms with E-state index in [1.807, 2.05) is 42.6 Å². The first-order chi connectivity index (χ1) is 12.6. The lowest BCUT2D eigenvalue weighted by Crippen LogP contribution is -2.19. The molecule has 1 atom stereocenters. The van der Waals surface area contributed by atoms with E-state index in [9.17, 15) is 4.79 Å². The van der Waals surface area contributed by atoms with E-state index >= 15 is 0 Å². The van der Waals surface area contributed by atoms with E-state index in [1.165, 1.54) is 23.1 Å². The molecule has 3 aromatic rings. The topological polar surface area (TPSA) is 51.2 Å². The molecule has 0 aliphatic carbocycles. The SMILES string of the molecule is COc1ccc(NC(=O)[C@H](Sc2nc(C)cs2)c2ccccc2)cc1Cl. The molecule has 0 unspecified atom stereocenters. The Morgan fingerprint density at radius 3 is 2.65 bits per heavy atom. The zero-order valence-corrected chi connectivity index (χ0v) is 16.6. The number of amides is 1. The molecule has 4 nitrogen and oxygen atoms in total. The average Bonchev–Trinajstić information content (AvgIpc) is 3.05. The molecule has 26 heavy (non-hydrogen) atoms. The maximum absolute atomic E-state index is 13.0. The van der Waals surface area contributed by atoms with E-state index in [1.54, 1.807) is 25.3 Å². The van der Waals surface area contributed by atoms with Gasteiger partial charge in [-0.15, -0.1) is 11.3 Å². The Bertz CT molecular complexity index is 900. The summed E-state index contributed by atoms with van der Waals surface area (Å²) in [7, 11) is 1.55. The summed E-state index contributed by atoms with van der Waals surface area (Å²) in [5.41, 5.74) is 2.49. The molecule has 0 radical (unpaired) electrons. The molecule has 1 amide bonds. The van der Waals surface area contributed by atoms with Crippen LogP contribution in [0.5, 0.6) is 5.75 Å². The van der Waals surface area contributed by atoms with Gasteiger partial charge in [0.05, 0.1) is 12.1 Å². The van der Waals surface area contributed by atoms with Gasteiger partial charge in [-0.1, -0.05) is 53.7 Å². The lowest BCUT2D eigenvalue weighted by molar-refractivity contribution is -0.115. The third kappa shape index (κ3) is 4.58. The number of ether oxygens (including phenoxy) is 1. The van der Waals surface area contributed by atoms with Crippen molar-refractivity contribution in [2.75, 3.05) is 12.4 Å². The number of nitrogens with zero attached hydrogens (tertiary/aromatic N) is 1. The number of methoxy groups -OCH3 is 1. The van der Waals surface area contributed by atoms with Gasteiger partial charge >= 0.3 is 0 Å². The van der Waals surface area contributed by atoms with Crippen molar-refractivity contribution in [3.63, 3.8) is 0 Å². The van der Waals surface area contributed by atoms with E-state index < -0.39 is 5.25 Å². The first-order valence-corrected chi connectivity index (χ1v) is 9.98. The Morgan fingerprint density at radius 2 is 2.04 bits per heavy atom. The van der Waals surface area contributed by atoms with Crippen LogP contribution in [-0.4, -0.2) is 18.0 Å². The molecule has 0 aliphatic heterocycles. The fourth-order valence-corrected chi connectivity index (χ4v) is 4.63. The quantitative estimate of drug-likeness (QED) is 0.544. The summed E-state index contributed by atoms with van der Waals surface area (Å²) >= 11 is 9.13. The molecule has 7 heteroatoms. The highest BCUT2D eigenvalue weighted by Gasteiger charge is 2.23. The van der Waals surface area contributed by atoms with Crippen LogP contribution in [0.2, 0.25) is 5.02 Å². The minimum absolute atomic E-state index is 0.129. The van der Waals surface area contributed by atoms with E-state index in [0.29, 0.717) is 16.5 Å². The predicted octanol–water partition coefficient (Wildman–Crippen LogP) is 5.59. The Labute approximate surface area is 165 Å². The summed E-state index contributed by atoms with van der Waals surface area (Å²) in [6.45, 7) is 1.94. The lowest BCUT2D eigenvalue weighted by atomic mass is 10.1. The highest BCUT2D eigenvalue weighted by molar-refractivity contribution is 8.01. The summed E-state index contributed by atoms with van der Waals surface area (Å²) < 4.78 is 6.01. The minimum atomic E-state index is -0.414. The predicted molar refractivity (Wildman–Crippen MR) is 109 cm³/mol. The van der Waals surface area contributed by atoms with Crippen LogP contribution in [0.4, 0.5) is 5.69 Å². The summed E-state index contributed by atoms with van der Waals surface area (Å²) in [6, 6.07) is 14.8. The van der Waals surface area contributed by atoms with Crippen molar-refractivity contribution < 1.29 is 9.53 Å². The number of thioether (sulfide) groups is 1. The van der Waals surface area contributed by atoms with Gasteiger partial charge in [0.1, 0.15) is 11.0 Å². The minimum Gasteiger partial charge on any atom is -0.495 e. The molecular formula is C19H17ClN2O2S2. The van der Waals surface area contributed by atoms with Gasteiger partial charge in [0.2, 0.25) is 5.91 Å². The van der Waals surface area contributed by atoms with Crippen molar-refractivity contribution in [3.05, 3.63) is 70.2 Å². The first-order valence-electron chi connectivity index (χ1n) is 7.85. The van der Waals surface area contributed by atoms with Crippen LogP contribution in [0.25, 0.3) is 0 Å². The summed E-state index contributed by atoms with van der Waals surface area (Å²) in [5.74, 6) is 0.437. The lowest BCUT2D eigenvalue weighted by Gasteiger charge is -2.16. The van der Waals surface area contributed by atoms with Crippen molar-refractivity contribution in [1.29, 1.82) is 0 Å². The maximum atomic E-state index is 13.0. The van der Waals surface area contributed by atoms with Gasteiger partial charge in [0, 0.05) is 16.8 Å². The van der Waals surface area contributed by atoms with Crippen molar-refractivity contribution in [1.82, 2.24) is 4.98 Å². The van der Waals surface area contributed by atoms with Crippen LogP contribution in [0, 0.1) is 6.92 Å². The average molecular weight is 405 g/mol. The molecule has 2 aromatic carbocycles. The molecule has 0 spiro atoms. The molecule has 0 saturated heterocycles. The van der Waals surface area contributed by atoms with Crippen LogP contribution in [0.1, 0.15) is 16.5 Å². The monoisotopic (exact) mass is 404 g/mol. The van der Waals surface area contributed by atoms with Crippen molar-refractivity contribution in [2.45, 2.75) is 16.5 Å². The number of carbonyl (C=O) groups is 1. The number of nitrogens with one attached hydrogen (secondary N) is 1. The van der Waals surface area contributed by atoms with Gasteiger partial charge in [-0.05, 0) is 30.7 Å². The van der Waals surface area contributed by atoms with E-state index in [0.717, 1.165) is 15.6 Å². The number of aromatic nitrogens is 1. The number of aryl methyl sites for hydroxylation is 1. The second-order valence-electron chi connectivity index (χ2n) is 5.50. The zero-order chi connectivity index (χ0) is 18.5. The van der Waals surface area contributed by atoms with Crippen molar-refractivity contribution in [2.24, 2.45) is 0 Å². The Hall–Kier alpha value is -2.02. The number of anilines is 1. The molecule has 0 fully saturated rings. The van der Waals surface area contributed by atoms with Gasteiger partial charge in [-0.25, -0.2) is 4.98 Å². The standard InChI is InChI=1S/C19H17ClN2O2S2/c1-12-11-25-19(21-12)26-17(13-6-4-3-5-7-13)18(23)22-14-8-9-16(24-2)15(20)10-14/h3-11,17H,1-2H3,(H,22,23)/t17-/m1/s1. The number of hydrogen-bond acceptors (Lipinski definition) is 5. The van der Waals surface area contributed by atoms with Crippen LogP contribution in [-0.2, 0) is 4.79 Å². The molecule has 3 rings (SSSR count). The second-order valence-corrected chi connectivity index (χ2v) is 8.12. The van der Waals surface area contributed by atoms with Gasteiger partial charge in [0.25, 0.3) is 0 Å². The Balaban J connectivity index is 1.83. The fraction of sp³-hybridized carbons (Fsp3) is 0.158. The van der Waals surface area contributed by atoms with Gasteiger partial charge < -0.3 is 10.1 Å². The molecular weight excluding hydrogens is 388 g/mol. The molecule has 1 aromatic heterocycles. The number of benzene rings is 2. The molecule has 134 valence electrons. The van der Waals surface area contributed by atoms with Crippen LogP contribution in [0.15, 0.2) is 58.3 Å². The normalized spacial score (nSPS) is 11.8. The van der Waals surface area contributed by atoms with Crippen molar-refractivity contribution in [3.8, 4) is 5.75 Å². The van der Waals surface area contributed by atoms with Gasteiger partial charge in [-0.2, -0.15) is 0 Å². The van der Waals surface area contributed by atoms with Crippen LogP contribution < -0.4 is 10.1 Å². The van der Waals surface area contributed by atoms with E-state index in [2.05, 4.69) is 10.3 Å². The fourth-order valence-electron chi connectivity index (χ4n) is 2.34. The van der Waals surface area contributed by atoms with E-state index in [4.69, 9.17) is 16.3 Å². The Kier molecular flexibility index (Phi) is 6.19. The summed E-state index contributed by atoms with van der Waals surface area (Å²) in [6.07, 6.45) is 0. The number of thiazole rings is 1. The number of halogens is 1. The molecule has 1 heterocycles. The number of rotatable bonds is 6. The molecule has 1 N–H and O–H groups in total. The number of hydrogen-bond donors (Lipinski definition) is 1. The summed E-state index contributed by atoms with van der Waals surface area (Å²) in [5, 5.41) is 4.95. The van der Waals surface area contributed by atoms with Gasteiger partial charge in [-0.3, -0.25) is 4.79 Å². The van der Waals surface area contributed by atoms with Gasteiger partial charge in [0.15, 0.2) is 4.34 Å². The molecule has 0 saturated carbocycles.